The van der Waals surface area contributed by atoms with Crippen LogP contribution in [0.4, 0.5) is 15.3 Å². The molecule has 4 amide bonds. The van der Waals surface area contributed by atoms with Gasteiger partial charge in [-0.3, -0.25) is 4.98 Å². The smallest absolute Gasteiger partial charge is 0.408 e. The first-order valence-corrected chi connectivity index (χ1v) is 11.5. The Hall–Kier alpha value is -4.02. The summed E-state index contributed by atoms with van der Waals surface area (Å²) in [6, 6.07) is 9.80. The third kappa shape index (κ3) is 4.66. The van der Waals surface area contributed by atoms with Gasteiger partial charge < -0.3 is 29.6 Å². The lowest BCUT2D eigenvalue weighted by molar-refractivity contribution is -0.109. The third-order valence-corrected chi connectivity index (χ3v) is 6.60. The molecule has 0 spiro atoms. The highest BCUT2D eigenvalue weighted by Gasteiger charge is 2.33. The molecule has 1 saturated heterocycles. The summed E-state index contributed by atoms with van der Waals surface area (Å²) in [4.78, 5) is 54.5. The van der Waals surface area contributed by atoms with Crippen LogP contribution in [0.25, 0.3) is 11.1 Å². The second-order valence-electron chi connectivity index (χ2n) is 8.90. The van der Waals surface area contributed by atoms with Crippen molar-refractivity contribution in [2.45, 2.75) is 37.9 Å². The van der Waals surface area contributed by atoms with Crippen molar-refractivity contribution in [1.82, 2.24) is 20.1 Å². The molecule has 1 aromatic heterocycles. The van der Waals surface area contributed by atoms with Crippen molar-refractivity contribution in [3.05, 3.63) is 58.1 Å². The number of carbonyl (C=O) groups is 3. The quantitative estimate of drug-likeness (QED) is 0.380. The predicted molar refractivity (Wildman–Crippen MR) is 130 cm³/mol. The van der Waals surface area contributed by atoms with Gasteiger partial charge in [0.15, 0.2) is 5.58 Å². The van der Waals surface area contributed by atoms with Gasteiger partial charge in [-0.25, -0.2) is 14.4 Å². The molecule has 0 saturated carbocycles. The van der Waals surface area contributed by atoms with Crippen LogP contribution >= 0.6 is 0 Å². The molecule has 0 aliphatic carbocycles. The number of aromatic amines is 1. The number of urea groups is 2. The van der Waals surface area contributed by atoms with Crippen molar-refractivity contribution in [1.29, 1.82) is 0 Å². The van der Waals surface area contributed by atoms with Crippen molar-refractivity contribution in [2.24, 2.45) is 0 Å². The van der Waals surface area contributed by atoms with Crippen molar-refractivity contribution in [3.63, 3.8) is 0 Å². The number of benzene rings is 2. The van der Waals surface area contributed by atoms with Gasteiger partial charge in [-0.15, -0.1) is 0 Å². The van der Waals surface area contributed by atoms with E-state index in [4.69, 9.17) is 12.3 Å². The number of nitrogens with one attached hydrogen (secondary N) is 3. The number of carbonyl (C=O) groups excluding carboxylic acids is 3. The number of oxazole rings is 1. The molecule has 2 aliphatic heterocycles. The van der Waals surface area contributed by atoms with Crippen LogP contribution in [0.2, 0.25) is 0 Å². The van der Waals surface area contributed by atoms with Gasteiger partial charge in [0.25, 0.3) is 0 Å². The largest absolute Gasteiger partial charge is 0.417 e. The summed E-state index contributed by atoms with van der Waals surface area (Å²) >= 11 is 0. The maximum absolute atomic E-state index is 12.8. The minimum atomic E-state index is -0.771. The topological polar surface area (TPSA) is 128 Å². The number of aldehydes is 1. The molecular weight excluding hydrogens is 449 g/mol. The Morgan fingerprint density at radius 1 is 1.23 bits per heavy atom. The lowest BCUT2D eigenvalue weighted by Gasteiger charge is -2.40. The van der Waals surface area contributed by atoms with Gasteiger partial charge in [0.1, 0.15) is 14.1 Å². The Bertz CT molecular complexity index is 1340. The Labute approximate surface area is 202 Å². The molecule has 2 aromatic carbocycles. The summed E-state index contributed by atoms with van der Waals surface area (Å²) < 4.78 is 5.06. The van der Waals surface area contributed by atoms with Gasteiger partial charge in [-0.2, -0.15) is 0 Å². The van der Waals surface area contributed by atoms with E-state index < -0.39 is 11.8 Å². The number of hydrogen-bond acceptors (Lipinski definition) is 5. The van der Waals surface area contributed by atoms with E-state index in [1.54, 1.807) is 17.0 Å². The summed E-state index contributed by atoms with van der Waals surface area (Å²) in [5, 5.41) is 5.69. The van der Waals surface area contributed by atoms with E-state index in [9.17, 15) is 19.2 Å². The Balaban J connectivity index is 1.17. The molecule has 0 bridgehead atoms. The van der Waals surface area contributed by atoms with Crippen molar-refractivity contribution in [2.75, 3.05) is 18.4 Å². The number of rotatable bonds is 5. The van der Waals surface area contributed by atoms with Crippen molar-refractivity contribution < 1.29 is 18.8 Å². The van der Waals surface area contributed by atoms with Gasteiger partial charge in [0, 0.05) is 31.4 Å². The maximum Gasteiger partial charge on any atom is 0.417 e. The van der Waals surface area contributed by atoms with E-state index in [2.05, 4.69) is 15.6 Å². The summed E-state index contributed by atoms with van der Waals surface area (Å²) in [6.45, 7) is 1.49. The van der Waals surface area contributed by atoms with Crippen molar-refractivity contribution >= 4 is 48.4 Å². The number of piperidine rings is 1. The van der Waals surface area contributed by atoms with Crippen LogP contribution < -0.4 is 21.9 Å². The molecule has 2 aliphatic rings. The zero-order valence-electron chi connectivity index (χ0n) is 19.0. The molecule has 10 nitrogen and oxygen atoms in total. The molecule has 1 unspecified atom stereocenters. The fourth-order valence-corrected chi connectivity index (χ4v) is 4.79. The number of likely N-dealkylation sites (tertiary alicyclic amines) is 1. The monoisotopic (exact) mass is 473 g/mol. The average Bonchev–Trinajstić information content (AvgIpc) is 3.24. The highest BCUT2D eigenvalue weighted by Crippen LogP contribution is 2.27. The normalized spacial score (nSPS) is 17.1. The molecular formula is C24H24BN5O5. The Kier molecular flexibility index (Phi) is 6.06. The van der Waals surface area contributed by atoms with Gasteiger partial charge in [0.05, 0.1) is 11.6 Å². The zero-order valence-corrected chi connectivity index (χ0v) is 19.0. The SMILES string of the molecule is [B]c1cc(CC(C=O)NC(=O)N2CCC(N3Cc4ccccc4NC3=O)CC2)cc2oc(=O)[nH]c12. The Morgan fingerprint density at radius 2 is 2.00 bits per heavy atom. The summed E-state index contributed by atoms with van der Waals surface area (Å²) in [5.41, 5.74) is 3.59. The molecule has 3 aromatic rings. The lowest BCUT2D eigenvalue weighted by Crippen LogP contribution is -2.54. The Morgan fingerprint density at radius 3 is 2.77 bits per heavy atom. The van der Waals surface area contributed by atoms with Gasteiger partial charge in [0.2, 0.25) is 0 Å². The van der Waals surface area contributed by atoms with Crippen LogP contribution in [0.3, 0.4) is 0 Å². The van der Waals surface area contributed by atoms with Gasteiger partial charge in [-0.1, -0.05) is 29.7 Å². The van der Waals surface area contributed by atoms with Crippen LogP contribution in [0.15, 0.2) is 45.6 Å². The number of fused-ring (bicyclic) bond motifs is 2. The standard InChI is InChI=1S/C24H24BN5O5/c25-18-10-14(11-20-21(18)28-24(34)35-20)9-16(13-31)26-22(32)29-7-5-17(6-8-29)30-12-15-3-1-2-4-19(15)27-23(30)33/h1-4,10-11,13,16-17H,5-9,12H2,(H,26,32)(H,27,33)(H,28,34). The highest BCUT2D eigenvalue weighted by molar-refractivity contribution is 6.38. The minimum Gasteiger partial charge on any atom is -0.408 e. The molecule has 35 heavy (non-hydrogen) atoms. The first-order valence-electron chi connectivity index (χ1n) is 11.5. The molecule has 178 valence electrons. The molecule has 2 radical (unpaired) electrons. The van der Waals surface area contributed by atoms with Gasteiger partial charge >= 0.3 is 17.8 Å². The molecule has 1 fully saturated rings. The van der Waals surface area contributed by atoms with E-state index in [1.165, 1.54) is 0 Å². The number of para-hydroxylation sites is 1. The highest BCUT2D eigenvalue weighted by atomic mass is 16.4. The van der Waals surface area contributed by atoms with Crippen molar-refractivity contribution in [3.8, 4) is 0 Å². The number of hydrogen-bond donors (Lipinski definition) is 3. The number of H-pyrrole nitrogens is 1. The van der Waals surface area contributed by atoms with E-state index in [-0.39, 0.29) is 24.5 Å². The minimum absolute atomic E-state index is 0.0278. The number of amides is 4. The van der Waals surface area contributed by atoms with E-state index in [1.807, 2.05) is 29.2 Å². The second-order valence-corrected chi connectivity index (χ2v) is 8.90. The van der Waals surface area contributed by atoms with E-state index >= 15 is 0 Å². The first kappa shape index (κ1) is 22.8. The summed E-state index contributed by atoms with van der Waals surface area (Å²) in [6.07, 6.45) is 2.17. The van der Waals surface area contributed by atoms with Crippen LogP contribution in [-0.4, -0.2) is 66.2 Å². The maximum atomic E-state index is 12.8. The fourth-order valence-electron chi connectivity index (χ4n) is 4.79. The number of nitrogens with zero attached hydrogens (tertiary/aromatic N) is 2. The number of anilines is 1. The summed E-state index contributed by atoms with van der Waals surface area (Å²) in [7, 11) is 5.97. The fraction of sp³-hybridized carbons (Fsp3) is 0.333. The first-order chi connectivity index (χ1) is 16.9. The van der Waals surface area contributed by atoms with Crippen LogP contribution in [-0.2, 0) is 17.8 Å². The molecule has 3 N–H and O–H groups in total. The van der Waals surface area contributed by atoms with Crippen LogP contribution in [0, 0.1) is 0 Å². The van der Waals surface area contributed by atoms with Crippen LogP contribution in [0.5, 0.6) is 0 Å². The third-order valence-electron chi connectivity index (χ3n) is 6.60. The lowest BCUT2D eigenvalue weighted by atomic mass is 9.91. The molecule has 1 atom stereocenters. The molecule has 11 heteroatoms. The zero-order chi connectivity index (χ0) is 24.5. The molecule has 5 rings (SSSR count). The van der Waals surface area contributed by atoms with E-state index in [0.29, 0.717) is 60.9 Å². The van der Waals surface area contributed by atoms with E-state index in [0.717, 1.165) is 11.3 Å². The average molecular weight is 473 g/mol. The second kappa shape index (κ2) is 9.32. The number of aromatic nitrogens is 1. The summed E-state index contributed by atoms with van der Waals surface area (Å²) in [5.74, 6) is -0.612. The molecule has 3 heterocycles. The van der Waals surface area contributed by atoms with Gasteiger partial charge in [-0.05, 0) is 42.5 Å². The van der Waals surface area contributed by atoms with Crippen LogP contribution in [0.1, 0.15) is 24.0 Å². The predicted octanol–water partition coefficient (Wildman–Crippen LogP) is 1.25.